The largest absolute Gasteiger partial charge is 0.497 e. The van der Waals surface area contributed by atoms with Crippen LogP contribution < -0.4 is 9.04 Å². The average Bonchev–Trinajstić information content (AvgIpc) is 2.26. The fourth-order valence-corrected chi connectivity index (χ4v) is 2.59. The first-order valence-electron chi connectivity index (χ1n) is 4.84. The summed E-state index contributed by atoms with van der Waals surface area (Å²) in [5.41, 5.74) is 1.56. The molecule has 0 saturated heterocycles. The molecule has 1 heterocycles. The quantitative estimate of drug-likeness (QED) is 0.785. The Bertz CT molecular complexity index is 534. The molecule has 1 aliphatic rings. The molecule has 0 amide bonds. The molecule has 0 atom stereocenters. The number of ether oxygens (including phenoxy) is 1. The Labute approximate surface area is 95.2 Å². The number of rotatable bonds is 2. The standard InChI is InChI=1S/C11H13NO3S/c1-15-10-5-6-11-9(8-10)4-3-7-12(11)16(2,13)14/h3-6,8H,7H2,1-2H3. The summed E-state index contributed by atoms with van der Waals surface area (Å²) in [5, 5.41) is 0. The maximum atomic E-state index is 11.6. The highest BCUT2D eigenvalue weighted by Gasteiger charge is 2.21. The van der Waals surface area contributed by atoms with Crippen LogP contribution in [-0.4, -0.2) is 28.3 Å². The van der Waals surface area contributed by atoms with Crippen LogP contribution in [0.5, 0.6) is 5.75 Å². The van der Waals surface area contributed by atoms with E-state index in [2.05, 4.69) is 0 Å². The second kappa shape index (κ2) is 3.83. The highest BCUT2D eigenvalue weighted by atomic mass is 32.2. The molecule has 0 radical (unpaired) electrons. The number of hydrogen-bond acceptors (Lipinski definition) is 3. The van der Waals surface area contributed by atoms with E-state index in [-0.39, 0.29) is 0 Å². The van der Waals surface area contributed by atoms with Crippen LogP contribution >= 0.6 is 0 Å². The van der Waals surface area contributed by atoms with Crippen LogP contribution in [0.4, 0.5) is 5.69 Å². The van der Waals surface area contributed by atoms with Gasteiger partial charge in [-0.3, -0.25) is 4.31 Å². The lowest BCUT2D eigenvalue weighted by Crippen LogP contribution is -2.31. The maximum Gasteiger partial charge on any atom is 0.232 e. The van der Waals surface area contributed by atoms with E-state index < -0.39 is 10.0 Å². The highest BCUT2D eigenvalue weighted by molar-refractivity contribution is 7.92. The van der Waals surface area contributed by atoms with Gasteiger partial charge in [-0.15, -0.1) is 0 Å². The van der Waals surface area contributed by atoms with Gasteiger partial charge in [-0.25, -0.2) is 8.42 Å². The number of fused-ring (bicyclic) bond motifs is 1. The van der Waals surface area contributed by atoms with Gasteiger partial charge in [0.1, 0.15) is 5.75 Å². The van der Waals surface area contributed by atoms with Gasteiger partial charge in [-0.05, 0) is 18.2 Å². The van der Waals surface area contributed by atoms with Gasteiger partial charge >= 0.3 is 0 Å². The molecular formula is C11H13NO3S. The van der Waals surface area contributed by atoms with Crippen molar-refractivity contribution in [3.63, 3.8) is 0 Å². The van der Waals surface area contributed by atoms with E-state index in [0.29, 0.717) is 12.2 Å². The third-order valence-electron chi connectivity index (χ3n) is 2.47. The van der Waals surface area contributed by atoms with Crippen LogP contribution in [0.15, 0.2) is 24.3 Å². The second-order valence-electron chi connectivity index (χ2n) is 3.62. The zero-order valence-corrected chi connectivity index (χ0v) is 9.99. The smallest absolute Gasteiger partial charge is 0.232 e. The normalized spacial score (nSPS) is 14.8. The zero-order valence-electron chi connectivity index (χ0n) is 9.17. The van der Waals surface area contributed by atoms with Crippen LogP contribution in [0.25, 0.3) is 6.08 Å². The molecule has 0 N–H and O–H groups in total. The first-order valence-corrected chi connectivity index (χ1v) is 6.69. The minimum Gasteiger partial charge on any atom is -0.497 e. The topological polar surface area (TPSA) is 46.6 Å². The zero-order chi connectivity index (χ0) is 11.8. The second-order valence-corrected chi connectivity index (χ2v) is 5.53. The molecule has 2 rings (SSSR count). The van der Waals surface area contributed by atoms with E-state index in [1.165, 1.54) is 10.6 Å². The van der Waals surface area contributed by atoms with Crippen molar-refractivity contribution in [2.24, 2.45) is 0 Å². The summed E-state index contributed by atoms with van der Waals surface area (Å²) in [5.74, 6) is 0.721. The number of benzene rings is 1. The van der Waals surface area contributed by atoms with Crippen LogP contribution in [0.1, 0.15) is 5.56 Å². The molecule has 1 aromatic rings. The van der Waals surface area contributed by atoms with Crippen LogP contribution in [0.2, 0.25) is 0 Å². The molecular weight excluding hydrogens is 226 g/mol. The third-order valence-corrected chi connectivity index (χ3v) is 3.62. The van der Waals surface area contributed by atoms with Crippen molar-refractivity contribution < 1.29 is 13.2 Å². The Hall–Kier alpha value is -1.49. The van der Waals surface area contributed by atoms with Crippen LogP contribution in [-0.2, 0) is 10.0 Å². The number of anilines is 1. The Morgan fingerprint density at radius 1 is 1.38 bits per heavy atom. The number of nitrogens with zero attached hydrogens (tertiary/aromatic N) is 1. The summed E-state index contributed by atoms with van der Waals surface area (Å²) in [6.45, 7) is 0.387. The van der Waals surface area contributed by atoms with E-state index in [1.807, 2.05) is 18.2 Å². The van der Waals surface area contributed by atoms with Gasteiger partial charge in [0.2, 0.25) is 10.0 Å². The van der Waals surface area contributed by atoms with Crippen molar-refractivity contribution in [1.82, 2.24) is 0 Å². The predicted octanol–water partition coefficient (Wildman–Crippen LogP) is 1.49. The fraction of sp³-hybridized carbons (Fsp3) is 0.273. The molecule has 0 bridgehead atoms. The first kappa shape index (κ1) is 11.0. The lowest BCUT2D eigenvalue weighted by Gasteiger charge is -2.26. The number of sulfonamides is 1. The van der Waals surface area contributed by atoms with Gasteiger partial charge in [0, 0.05) is 5.56 Å². The lowest BCUT2D eigenvalue weighted by molar-refractivity contribution is 0.414. The fourth-order valence-electron chi connectivity index (χ4n) is 1.71. The number of methoxy groups -OCH3 is 1. The summed E-state index contributed by atoms with van der Waals surface area (Å²) in [7, 11) is -1.63. The summed E-state index contributed by atoms with van der Waals surface area (Å²) in [6.07, 6.45) is 4.93. The molecule has 0 aliphatic carbocycles. The first-order chi connectivity index (χ1) is 7.52. The molecule has 86 valence electrons. The summed E-state index contributed by atoms with van der Waals surface area (Å²) >= 11 is 0. The Kier molecular flexibility index (Phi) is 2.63. The summed E-state index contributed by atoms with van der Waals surface area (Å²) in [4.78, 5) is 0. The molecule has 0 unspecified atom stereocenters. The Morgan fingerprint density at radius 3 is 2.75 bits per heavy atom. The molecule has 0 aromatic heterocycles. The molecule has 0 saturated carbocycles. The lowest BCUT2D eigenvalue weighted by atomic mass is 10.1. The van der Waals surface area contributed by atoms with E-state index in [0.717, 1.165) is 11.3 Å². The third kappa shape index (κ3) is 1.90. The van der Waals surface area contributed by atoms with Gasteiger partial charge in [-0.1, -0.05) is 12.2 Å². The van der Waals surface area contributed by atoms with Crippen molar-refractivity contribution >= 4 is 21.8 Å². The highest BCUT2D eigenvalue weighted by Crippen LogP contribution is 2.30. The van der Waals surface area contributed by atoms with Gasteiger partial charge in [-0.2, -0.15) is 0 Å². The van der Waals surface area contributed by atoms with E-state index in [1.54, 1.807) is 19.2 Å². The monoisotopic (exact) mass is 239 g/mol. The summed E-state index contributed by atoms with van der Waals surface area (Å²) in [6, 6.07) is 5.35. The molecule has 4 nitrogen and oxygen atoms in total. The molecule has 0 fully saturated rings. The Morgan fingerprint density at radius 2 is 2.12 bits per heavy atom. The van der Waals surface area contributed by atoms with Gasteiger partial charge < -0.3 is 4.74 Å². The van der Waals surface area contributed by atoms with Gasteiger partial charge in [0.05, 0.1) is 25.6 Å². The van der Waals surface area contributed by atoms with Crippen LogP contribution in [0.3, 0.4) is 0 Å². The van der Waals surface area contributed by atoms with Gasteiger partial charge in [0.15, 0.2) is 0 Å². The van der Waals surface area contributed by atoms with E-state index in [4.69, 9.17) is 4.74 Å². The van der Waals surface area contributed by atoms with E-state index >= 15 is 0 Å². The molecule has 1 aliphatic heterocycles. The summed E-state index contributed by atoms with van der Waals surface area (Å²) < 4.78 is 29.6. The minimum atomic E-state index is -3.22. The molecule has 1 aromatic carbocycles. The minimum absolute atomic E-state index is 0.387. The number of hydrogen-bond donors (Lipinski definition) is 0. The van der Waals surface area contributed by atoms with Gasteiger partial charge in [0.25, 0.3) is 0 Å². The molecule has 16 heavy (non-hydrogen) atoms. The predicted molar refractivity (Wildman–Crippen MR) is 64.2 cm³/mol. The Balaban J connectivity index is 2.53. The average molecular weight is 239 g/mol. The van der Waals surface area contributed by atoms with Crippen molar-refractivity contribution in [1.29, 1.82) is 0 Å². The molecule has 0 spiro atoms. The van der Waals surface area contributed by atoms with E-state index in [9.17, 15) is 8.42 Å². The van der Waals surface area contributed by atoms with Crippen molar-refractivity contribution in [2.45, 2.75) is 0 Å². The van der Waals surface area contributed by atoms with Crippen molar-refractivity contribution in [3.8, 4) is 5.75 Å². The molecule has 5 heteroatoms. The van der Waals surface area contributed by atoms with Crippen molar-refractivity contribution in [3.05, 3.63) is 29.8 Å². The maximum absolute atomic E-state index is 11.6. The van der Waals surface area contributed by atoms with Crippen molar-refractivity contribution in [2.75, 3.05) is 24.2 Å². The van der Waals surface area contributed by atoms with Crippen LogP contribution in [0, 0.1) is 0 Å². The SMILES string of the molecule is COc1ccc2c(c1)C=CCN2S(C)(=O)=O.